The number of carbonyl (C=O) groups is 1. The molecule has 0 heterocycles. The summed E-state index contributed by atoms with van der Waals surface area (Å²) < 4.78 is 10.4. The van der Waals surface area contributed by atoms with Crippen LogP contribution in [0.4, 0.5) is 0 Å². The smallest absolute Gasteiger partial charge is 0.325 e. The fourth-order valence-electron chi connectivity index (χ4n) is 1.91. The largest absolute Gasteiger partial charge is 0.497 e. The van der Waals surface area contributed by atoms with E-state index in [4.69, 9.17) is 9.47 Å². The number of rotatable bonds is 8. The van der Waals surface area contributed by atoms with Crippen LogP contribution in [0.1, 0.15) is 31.9 Å². The number of carboxylic acids is 1. The third-order valence-corrected chi connectivity index (χ3v) is 3.06. The zero-order valence-electron chi connectivity index (χ0n) is 12.5. The molecule has 0 aliphatic carbocycles. The number of ether oxygens (including phenoxy) is 2. The molecule has 1 rings (SSSR count). The average molecular weight is 281 g/mol. The van der Waals surface area contributed by atoms with Crippen molar-refractivity contribution < 1.29 is 19.4 Å². The maximum Gasteiger partial charge on any atom is 0.325 e. The van der Waals surface area contributed by atoms with Crippen molar-refractivity contribution in [1.29, 1.82) is 0 Å². The molecule has 0 saturated heterocycles. The van der Waals surface area contributed by atoms with E-state index >= 15 is 0 Å². The molecular weight excluding hydrogens is 258 g/mol. The van der Waals surface area contributed by atoms with Crippen molar-refractivity contribution in [2.45, 2.75) is 26.3 Å². The van der Waals surface area contributed by atoms with E-state index in [2.05, 4.69) is 19.2 Å². The summed E-state index contributed by atoms with van der Waals surface area (Å²) in [5.74, 6) is 0.734. The molecule has 0 radical (unpaired) electrons. The predicted molar refractivity (Wildman–Crippen MR) is 77.4 cm³/mol. The second-order valence-electron chi connectivity index (χ2n) is 5.02. The number of carboxylic acid groups (broad SMARTS) is 1. The molecular formula is C15H23NO4. The molecule has 0 amide bonds. The van der Waals surface area contributed by atoms with Gasteiger partial charge in [-0.25, -0.2) is 0 Å². The molecule has 0 aliphatic heterocycles. The van der Waals surface area contributed by atoms with Gasteiger partial charge in [-0.1, -0.05) is 13.8 Å². The number of hydrogen-bond donors (Lipinski definition) is 2. The van der Waals surface area contributed by atoms with Crippen molar-refractivity contribution in [2.75, 3.05) is 20.8 Å². The molecule has 0 bridgehead atoms. The second-order valence-corrected chi connectivity index (χ2v) is 5.02. The first-order valence-electron chi connectivity index (χ1n) is 6.67. The minimum absolute atomic E-state index is 0.518. The zero-order chi connectivity index (χ0) is 15.1. The summed E-state index contributed by atoms with van der Waals surface area (Å²) in [5, 5.41) is 12.5. The molecule has 0 aliphatic rings. The second kappa shape index (κ2) is 7.75. The minimum Gasteiger partial charge on any atom is -0.497 e. The van der Waals surface area contributed by atoms with Crippen molar-refractivity contribution in [1.82, 2.24) is 5.32 Å². The van der Waals surface area contributed by atoms with Crippen molar-refractivity contribution in [3.8, 4) is 11.5 Å². The Morgan fingerprint density at radius 1 is 1.30 bits per heavy atom. The van der Waals surface area contributed by atoms with Crippen LogP contribution in [0.3, 0.4) is 0 Å². The van der Waals surface area contributed by atoms with E-state index in [0.717, 1.165) is 6.42 Å². The highest BCUT2D eigenvalue weighted by molar-refractivity contribution is 5.77. The van der Waals surface area contributed by atoms with Crippen LogP contribution in [-0.4, -0.2) is 31.8 Å². The summed E-state index contributed by atoms with van der Waals surface area (Å²) in [6.07, 6.45) is 0.913. The van der Waals surface area contributed by atoms with E-state index in [1.54, 1.807) is 25.3 Å². The van der Waals surface area contributed by atoms with Gasteiger partial charge in [0.05, 0.1) is 14.2 Å². The molecule has 20 heavy (non-hydrogen) atoms. The number of nitrogens with one attached hydrogen (secondary N) is 1. The maximum atomic E-state index is 11.5. The van der Waals surface area contributed by atoms with Crippen LogP contribution in [0.15, 0.2) is 18.2 Å². The molecule has 1 atom stereocenters. The highest BCUT2D eigenvalue weighted by Gasteiger charge is 2.23. The molecule has 0 spiro atoms. The van der Waals surface area contributed by atoms with Crippen LogP contribution in [0.25, 0.3) is 0 Å². The van der Waals surface area contributed by atoms with Crippen LogP contribution in [0, 0.1) is 5.92 Å². The van der Waals surface area contributed by atoms with Crippen molar-refractivity contribution in [2.24, 2.45) is 5.92 Å². The van der Waals surface area contributed by atoms with Gasteiger partial charge in [0, 0.05) is 5.56 Å². The van der Waals surface area contributed by atoms with Gasteiger partial charge in [-0.3, -0.25) is 4.79 Å². The van der Waals surface area contributed by atoms with E-state index in [1.807, 2.05) is 0 Å². The van der Waals surface area contributed by atoms with E-state index in [1.165, 1.54) is 7.11 Å². The van der Waals surface area contributed by atoms with Crippen LogP contribution >= 0.6 is 0 Å². The Labute approximate surface area is 119 Å². The number of hydrogen-bond acceptors (Lipinski definition) is 4. The molecule has 112 valence electrons. The number of benzene rings is 1. The molecule has 1 unspecified atom stereocenters. The number of aliphatic carboxylic acids is 1. The quantitative estimate of drug-likeness (QED) is 0.766. The van der Waals surface area contributed by atoms with Gasteiger partial charge in [0.15, 0.2) is 0 Å². The molecule has 2 N–H and O–H groups in total. The first-order chi connectivity index (χ1) is 9.49. The van der Waals surface area contributed by atoms with Gasteiger partial charge >= 0.3 is 5.97 Å². The first kappa shape index (κ1) is 16.3. The lowest BCUT2D eigenvalue weighted by Crippen LogP contribution is -2.30. The van der Waals surface area contributed by atoms with Gasteiger partial charge in [0.25, 0.3) is 0 Å². The molecule has 1 aromatic carbocycles. The Hall–Kier alpha value is -1.75. The minimum atomic E-state index is -0.930. The summed E-state index contributed by atoms with van der Waals surface area (Å²) in [6.45, 7) is 4.84. The zero-order valence-corrected chi connectivity index (χ0v) is 12.5. The van der Waals surface area contributed by atoms with Gasteiger partial charge in [-0.2, -0.15) is 0 Å². The monoisotopic (exact) mass is 281 g/mol. The third-order valence-electron chi connectivity index (χ3n) is 3.06. The van der Waals surface area contributed by atoms with Crippen molar-refractivity contribution >= 4 is 5.97 Å². The normalized spacial score (nSPS) is 12.2. The Bertz CT molecular complexity index is 445. The van der Waals surface area contributed by atoms with Gasteiger partial charge in [-0.05, 0) is 37.1 Å². The van der Waals surface area contributed by atoms with Crippen LogP contribution in [-0.2, 0) is 4.79 Å². The van der Waals surface area contributed by atoms with Crippen molar-refractivity contribution in [3.05, 3.63) is 23.8 Å². The van der Waals surface area contributed by atoms with Crippen LogP contribution in [0.5, 0.6) is 11.5 Å². The summed E-state index contributed by atoms with van der Waals surface area (Å²) >= 11 is 0. The molecule has 0 aromatic heterocycles. The average Bonchev–Trinajstić information content (AvgIpc) is 2.42. The lowest BCUT2D eigenvalue weighted by Gasteiger charge is -2.19. The van der Waals surface area contributed by atoms with Gasteiger partial charge < -0.3 is 19.9 Å². The summed E-state index contributed by atoms with van der Waals surface area (Å²) in [7, 11) is 3.08. The first-order valence-corrected chi connectivity index (χ1v) is 6.67. The van der Waals surface area contributed by atoms with Gasteiger partial charge in [0.1, 0.15) is 17.5 Å². The highest BCUT2D eigenvalue weighted by atomic mass is 16.5. The highest BCUT2D eigenvalue weighted by Crippen LogP contribution is 2.29. The van der Waals surface area contributed by atoms with Gasteiger partial charge in [0.2, 0.25) is 0 Å². The molecule has 1 aromatic rings. The SMILES string of the molecule is COc1ccc(OC)c(C(NCCC(C)C)C(=O)O)c1. The Morgan fingerprint density at radius 2 is 2.00 bits per heavy atom. The third kappa shape index (κ3) is 4.42. The fourth-order valence-corrected chi connectivity index (χ4v) is 1.91. The standard InChI is InChI=1S/C15H23NO4/c1-10(2)7-8-16-14(15(17)18)12-9-11(19-3)5-6-13(12)20-4/h5-6,9-10,14,16H,7-8H2,1-4H3,(H,17,18). The fraction of sp³-hybridized carbons (Fsp3) is 0.533. The summed E-state index contributed by atoms with van der Waals surface area (Å²) in [4.78, 5) is 11.5. The summed E-state index contributed by atoms with van der Waals surface area (Å²) in [6, 6.07) is 4.35. The topological polar surface area (TPSA) is 67.8 Å². The van der Waals surface area contributed by atoms with E-state index in [0.29, 0.717) is 29.5 Å². The van der Waals surface area contributed by atoms with Crippen LogP contribution < -0.4 is 14.8 Å². The summed E-state index contributed by atoms with van der Waals surface area (Å²) in [5.41, 5.74) is 0.572. The maximum absolute atomic E-state index is 11.5. The molecule has 0 fully saturated rings. The lowest BCUT2D eigenvalue weighted by atomic mass is 10.0. The Kier molecular flexibility index (Phi) is 6.31. The van der Waals surface area contributed by atoms with E-state index in [9.17, 15) is 9.90 Å². The molecule has 0 saturated carbocycles. The lowest BCUT2D eigenvalue weighted by molar-refractivity contribution is -0.139. The van der Waals surface area contributed by atoms with E-state index < -0.39 is 12.0 Å². The predicted octanol–water partition coefficient (Wildman–Crippen LogP) is 2.47. The molecule has 5 nitrogen and oxygen atoms in total. The molecule has 5 heteroatoms. The van der Waals surface area contributed by atoms with Crippen molar-refractivity contribution in [3.63, 3.8) is 0 Å². The Balaban J connectivity index is 2.97. The Morgan fingerprint density at radius 3 is 2.50 bits per heavy atom. The van der Waals surface area contributed by atoms with Crippen LogP contribution in [0.2, 0.25) is 0 Å². The van der Waals surface area contributed by atoms with E-state index in [-0.39, 0.29) is 0 Å². The van der Waals surface area contributed by atoms with Gasteiger partial charge in [-0.15, -0.1) is 0 Å². The number of methoxy groups -OCH3 is 2.